The molecule has 0 spiro atoms. The van der Waals surface area contributed by atoms with E-state index in [4.69, 9.17) is 0 Å². The van der Waals surface area contributed by atoms with Gasteiger partial charge in [-0.05, 0) is 0 Å². The van der Waals surface area contributed by atoms with Crippen molar-refractivity contribution >= 4 is 11.8 Å². The molecular formula is C14H30N2S+2. The van der Waals surface area contributed by atoms with E-state index in [2.05, 4.69) is 25.9 Å². The van der Waals surface area contributed by atoms with Gasteiger partial charge in [0.05, 0.1) is 53.4 Å². The molecule has 2 aliphatic rings. The van der Waals surface area contributed by atoms with Crippen LogP contribution in [0.25, 0.3) is 0 Å². The second-order valence-corrected chi connectivity index (χ2v) is 7.83. The molecule has 2 rings (SSSR count). The predicted octanol–water partition coefficient (Wildman–Crippen LogP) is 2.20. The Morgan fingerprint density at radius 1 is 0.706 bits per heavy atom. The average molecular weight is 258 g/mol. The minimum Gasteiger partial charge on any atom is -0.325 e. The lowest BCUT2D eigenvalue weighted by molar-refractivity contribution is -0.895. The zero-order valence-corrected chi connectivity index (χ0v) is 12.6. The van der Waals surface area contributed by atoms with Crippen molar-refractivity contribution in [2.75, 3.05) is 64.9 Å². The van der Waals surface area contributed by atoms with E-state index in [1.165, 1.54) is 85.4 Å². The van der Waals surface area contributed by atoms with E-state index in [-0.39, 0.29) is 0 Å². The van der Waals surface area contributed by atoms with Crippen LogP contribution < -0.4 is 0 Å². The standard InChI is InChI=1S/C14H30N2S/c1-15(7-3-4-8-15)11-13-17-14-12-16(2)9-5-6-10-16/h3-14H2,1-2H3/q+2. The topological polar surface area (TPSA) is 0 Å². The monoisotopic (exact) mass is 258 g/mol. The third kappa shape index (κ3) is 4.15. The van der Waals surface area contributed by atoms with Crippen molar-refractivity contribution in [1.29, 1.82) is 0 Å². The summed E-state index contributed by atoms with van der Waals surface area (Å²) >= 11 is 2.19. The van der Waals surface area contributed by atoms with Crippen molar-refractivity contribution < 1.29 is 8.97 Å². The molecule has 0 amide bonds. The van der Waals surface area contributed by atoms with E-state index in [9.17, 15) is 0 Å². The van der Waals surface area contributed by atoms with Crippen LogP contribution >= 0.6 is 11.8 Å². The second-order valence-electron chi connectivity index (χ2n) is 6.61. The molecule has 17 heavy (non-hydrogen) atoms. The number of quaternary nitrogens is 2. The third-order valence-electron chi connectivity index (χ3n) is 4.84. The fourth-order valence-corrected chi connectivity index (χ4v) is 4.66. The van der Waals surface area contributed by atoms with Gasteiger partial charge < -0.3 is 8.97 Å². The van der Waals surface area contributed by atoms with Crippen LogP contribution in [0.15, 0.2) is 0 Å². The first kappa shape index (κ1) is 13.7. The summed E-state index contributed by atoms with van der Waals surface area (Å²) in [6, 6.07) is 0. The maximum atomic E-state index is 2.45. The van der Waals surface area contributed by atoms with E-state index < -0.39 is 0 Å². The van der Waals surface area contributed by atoms with Gasteiger partial charge in [0.25, 0.3) is 0 Å². The van der Waals surface area contributed by atoms with Crippen molar-refractivity contribution in [3.63, 3.8) is 0 Å². The van der Waals surface area contributed by atoms with Gasteiger partial charge in [-0.2, -0.15) is 11.8 Å². The number of hydrogen-bond donors (Lipinski definition) is 0. The first-order valence-corrected chi connectivity index (χ1v) is 8.52. The summed E-state index contributed by atoms with van der Waals surface area (Å²) < 4.78 is 2.69. The molecule has 3 heteroatoms. The van der Waals surface area contributed by atoms with Gasteiger partial charge in [0.2, 0.25) is 0 Å². The van der Waals surface area contributed by atoms with Crippen molar-refractivity contribution in [2.45, 2.75) is 25.7 Å². The Morgan fingerprint density at radius 2 is 1.06 bits per heavy atom. The molecule has 2 aliphatic heterocycles. The van der Waals surface area contributed by atoms with E-state index >= 15 is 0 Å². The molecule has 0 saturated carbocycles. The molecule has 2 saturated heterocycles. The summed E-state index contributed by atoms with van der Waals surface area (Å²) in [5.74, 6) is 2.74. The van der Waals surface area contributed by atoms with Crippen molar-refractivity contribution in [3.05, 3.63) is 0 Å². The Balaban J connectivity index is 1.54. The summed E-state index contributed by atoms with van der Waals surface area (Å²) in [7, 11) is 4.89. The highest BCUT2D eigenvalue weighted by molar-refractivity contribution is 7.99. The Bertz CT molecular complexity index is 206. The highest BCUT2D eigenvalue weighted by Gasteiger charge is 2.27. The van der Waals surface area contributed by atoms with Gasteiger partial charge in [0, 0.05) is 37.2 Å². The lowest BCUT2D eigenvalue weighted by Crippen LogP contribution is -2.43. The van der Waals surface area contributed by atoms with Crippen molar-refractivity contribution in [2.24, 2.45) is 0 Å². The maximum absolute atomic E-state index is 2.45. The Labute approximate surface area is 112 Å². The summed E-state index contributed by atoms with van der Waals surface area (Å²) in [5.41, 5.74) is 0. The van der Waals surface area contributed by atoms with Crippen LogP contribution in [0, 0.1) is 0 Å². The maximum Gasteiger partial charge on any atom is 0.0876 e. The van der Waals surface area contributed by atoms with Crippen LogP contribution in [0.4, 0.5) is 0 Å². The SMILES string of the molecule is C[N+]1(CCSCC[N+]2(C)CCCC2)CCCC1. The lowest BCUT2D eigenvalue weighted by atomic mass is 10.4. The zero-order valence-electron chi connectivity index (χ0n) is 11.8. The number of rotatable bonds is 6. The third-order valence-corrected chi connectivity index (χ3v) is 5.79. The van der Waals surface area contributed by atoms with Crippen LogP contribution in [0.2, 0.25) is 0 Å². The normalized spacial score (nSPS) is 26.5. The predicted molar refractivity (Wildman–Crippen MR) is 77.4 cm³/mol. The molecule has 0 aromatic rings. The van der Waals surface area contributed by atoms with Crippen LogP contribution in [0.1, 0.15) is 25.7 Å². The van der Waals surface area contributed by atoms with Crippen LogP contribution in [0.5, 0.6) is 0 Å². The largest absolute Gasteiger partial charge is 0.325 e. The molecule has 0 radical (unpaired) electrons. The minimum absolute atomic E-state index is 1.35. The second kappa shape index (κ2) is 5.94. The van der Waals surface area contributed by atoms with Gasteiger partial charge in [0.1, 0.15) is 0 Å². The average Bonchev–Trinajstić information content (AvgIpc) is 2.89. The summed E-state index contributed by atoms with van der Waals surface area (Å²) in [6.07, 6.45) is 5.82. The van der Waals surface area contributed by atoms with Crippen LogP contribution in [0.3, 0.4) is 0 Å². The smallest absolute Gasteiger partial charge is 0.0876 e. The van der Waals surface area contributed by atoms with Crippen LogP contribution in [-0.2, 0) is 0 Å². The van der Waals surface area contributed by atoms with E-state index in [0.29, 0.717) is 0 Å². The van der Waals surface area contributed by atoms with Gasteiger partial charge in [-0.3, -0.25) is 0 Å². The summed E-state index contributed by atoms with van der Waals surface area (Å²) in [4.78, 5) is 0. The molecule has 2 nitrogen and oxygen atoms in total. The highest BCUT2D eigenvalue weighted by atomic mass is 32.2. The minimum atomic E-state index is 1.35. The number of thioether (sulfide) groups is 1. The highest BCUT2D eigenvalue weighted by Crippen LogP contribution is 2.19. The molecule has 0 atom stereocenters. The number of hydrogen-bond acceptors (Lipinski definition) is 1. The molecule has 2 heterocycles. The van der Waals surface area contributed by atoms with Crippen molar-refractivity contribution in [3.8, 4) is 0 Å². The fraction of sp³-hybridized carbons (Fsp3) is 1.00. The lowest BCUT2D eigenvalue weighted by Gasteiger charge is -2.30. The first-order chi connectivity index (χ1) is 8.12. The van der Waals surface area contributed by atoms with E-state index in [1.54, 1.807) is 0 Å². The van der Waals surface area contributed by atoms with Gasteiger partial charge in [-0.1, -0.05) is 0 Å². The Hall–Kier alpha value is 0.270. The molecule has 0 aliphatic carbocycles. The quantitative estimate of drug-likeness (QED) is 0.520. The van der Waals surface area contributed by atoms with Gasteiger partial charge in [-0.15, -0.1) is 0 Å². The van der Waals surface area contributed by atoms with Crippen molar-refractivity contribution in [1.82, 2.24) is 0 Å². The van der Waals surface area contributed by atoms with Gasteiger partial charge in [-0.25, -0.2) is 0 Å². The summed E-state index contributed by atoms with van der Waals surface area (Å²) in [6.45, 7) is 8.49. The molecule has 0 unspecified atom stereocenters. The fourth-order valence-electron chi connectivity index (χ4n) is 3.32. The molecule has 100 valence electrons. The molecule has 0 bridgehead atoms. The Morgan fingerprint density at radius 3 is 1.41 bits per heavy atom. The zero-order chi connectivity index (χ0) is 12.2. The molecule has 0 N–H and O–H groups in total. The molecular weight excluding hydrogens is 228 g/mol. The van der Waals surface area contributed by atoms with E-state index in [0.717, 1.165) is 0 Å². The van der Waals surface area contributed by atoms with E-state index in [1.807, 2.05) is 0 Å². The molecule has 0 aromatic carbocycles. The number of nitrogens with zero attached hydrogens (tertiary/aromatic N) is 2. The Kier molecular flexibility index (Phi) is 4.79. The molecule has 2 fully saturated rings. The summed E-state index contributed by atoms with van der Waals surface area (Å²) in [5, 5.41) is 0. The van der Waals surface area contributed by atoms with Gasteiger partial charge in [0.15, 0.2) is 0 Å². The number of likely N-dealkylation sites (tertiary alicyclic amines) is 2. The van der Waals surface area contributed by atoms with Crippen LogP contribution in [-0.4, -0.2) is 73.8 Å². The molecule has 0 aromatic heterocycles. The first-order valence-electron chi connectivity index (χ1n) is 7.37. The van der Waals surface area contributed by atoms with Gasteiger partial charge >= 0.3 is 0 Å².